The number of benzene rings is 1. The van der Waals surface area contributed by atoms with Crippen LogP contribution in [0.15, 0.2) is 28.7 Å². The molecule has 17 heavy (non-hydrogen) atoms. The van der Waals surface area contributed by atoms with Crippen molar-refractivity contribution in [1.82, 2.24) is 0 Å². The van der Waals surface area contributed by atoms with Crippen LogP contribution in [0.5, 0.6) is 0 Å². The summed E-state index contributed by atoms with van der Waals surface area (Å²) in [5, 5.41) is 0. The van der Waals surface area contributed by atoms with Crippen molar-refractivity contribution in [2.45, 2.75) is 25.0 Å². The van der Waals surface area contributed by atoms with Gasteiger partial charge in [0.2, 0.25) is 0 Å². The summed E-state index contributed by atoms with van der Waals surface area (Å²) in [6.45, 7) is 2.09. The number of hydrogen-bond acceptors (Lipinski definition) is 3. The van der Waals surface area contributed by atoms with Gasteiger partial charge in [-0.15, -0.1) is 0 Å². The van der Waals surface area contributed by atoms with Crippen molar-refractivity contribution in [3.8, 4) is 0 Å². The van der Waals surface area contributed by atoms with Crippen molar-refractivity contribution >= 4 is 15.9 Å². The molecule has 1 aliphatic rings. The highest BCUT2D eigenvalue weighted by Gasteiger charge is 2.19. The summed E-state index contributed by atoms with van der Waals surface area (Å²) in [6, 6.07) is 8.14. The van der Waals surface area contributed by atoms with Crippen LogP contribution in [0.4, 0.5) is 0 Å². The molecule has 1 saturated heterocycles. The van der Waals surface area contributed by atoms with E-state index in [1.54, 1.807) is 0 Å². The number of hydrogen-bond donors (Lipinski definition) is 1. The van der Waals surface area contributed by atoms with E-state index in [2.05, 4.69) is 28.1 Å². The minimum atomic E-state index is -0.0180. The maximum Gasteiger partial charge on any atom is 0.0951 e. The number of rotatable bonds is 4. The van der Waals surface area contributed by atoms with Gasteiger partial charge in [0.15, 0.2) is 0 Å². The van der Waals surface area contributed by atoms with Gasteiger partial charge in [0.05, 0.1) is 12.2 Å². The van der Waals surface area contributed by atoms with Crippen LogP contribution in [0.2, 0.25) is 0 Å². The Labute approximate surface area is 110 Å². The molecular formula is C13H18BrNO2. The lowest BCUT2D eigenvalue weighted by Crippen LogP contribution is -2.28. The topological polar surface area (TPSA) is 44.5 Å². The first-order valence-corrected chi connectivity index (χ1v) is 6.77. The molecule has 0 aromatic heterocycles. The van der Waals surface area contributed by atoms with Crippen LogP contribution < -0.4 is 5.73 Å². The fourth-order valence-electron chi connectivity index (χ4n) is 2.02. The number of halogens is 1. The molecule has 1 aliphatic heterocycles. The lowest BCUT2D eigenvalue weighted by atomic mass is 10.1. The van der Waals surface area contributed by atoms with Gasteiger partial charge in [-0.2, -0.15) is 0 Å². The lowest BCUT2D eigenvalue weighted by molar-refractivity contribution is -0.0665. The fraction of sp³-hybridized carbons (Fsp3) is 0.538. The second kappa shape index (κ2) is 6.50. The van der Waals surface area contributed by atoms with Crippen molar-refractivity contribution in [1.29, 1.82) is 0 Å². The van der Waals surface area contributed by atoms with E-state index in [1.165, 1.54) is 0 Å². The van der Waals surface area contributed by atoms with Gasteiger partial charge in [0.1, 0.15) is 0 Å². The zero-order valence-corrected chi connectivity index (χ0v) is 11.4. The third-order valence-electron chi connectivity index (χ3n) is 2.96. The largest absolute Gasteiger partial charge is 0.381 e. The summed E-state index contributed by atoms with van der Waals surface area (Å²) in [5.74, 6) is 0. The monoisotopic (exact) mass is 299 g/mol. The van der Waals surface area contributed by atoms with Crippen LogP contribution in [-0.4, -0.2) is 25.9 Å². The smallest absolute Gasteiger partial charge is 0.0951 e. The molecule has 0 bridgehead atoms. The average molecular weight is 300 g/mol. The summed E-state index contributed by atoms with van der Waals surface area (Å²) in [7, 11) is 0. The molecule has 0 spiro atoms. The number of nitrogens with two attached hydrogens (primary N) is 1. The highest BCUT2D eigenvalue weighted by Crippen LogP contribution is 2.24. The number of ether oxygens (including phenoxy) is 2. The minimum absolute atomic E-state index is 0.0180. The van der Waals surface area contributed by atoms with Crippen LogP contribution in [-0.2, 0) is 9.47 Å². The van der Waals surface area contributed by atoms with Crippen LogP contribution in [0.25, 0.3) is 0 Å². The molecule has 1 heterocycles. The maximum absolute atomic E-state index is 6.06. The molecule has 2 rings (SSSR count). The highest BCUT2D eigenvalue weighted by molar-refractivity contribution is 9.10. The molecule has 0 radical (unpaired) electrons. The Morgan fingerprint density at radius 2 is 2.18 bits per heavy atom. The van der Waals surface area contributed by atoms with Gasteiger partial charge < -0.3 is 15.2 Å². The van der Waals surface area contributed by atoms with Crippen molar-refractivity contribution in [3.05, 3.63) is 34.3 Å². The Morgan fingerprint density at radius 1 is 1.41 bits per heavy atom. The molecular weight excluding hydrogens is 282 g/mol. The van der Waals surface area contributed by atoms with Crippen molar-refractivity contribution in [2.75, 3.05) is 19.8 Å². The summed E-state index contributed by atoms with van der Waals surface area (Å²) < 4.78 is 12.4. The van der Waals surface area contributed by atoms with Gasteiger partial charge >= 0.3 is 0 Å². The van der Waals surface area contributed by atoms with Crippen molar-refractivity contribution in [3.63, 3.8) is 0 Å². The lowest BCUT2D eigenvalue weighted by Gasteiger charge is -2.27. The zero-order chi connectivity index (χ0) is 12.1. The Bertz CT molecular complexity index is 353. The minimum Gasteiger partial charge on any atom is -0.381 e. The molecule has 1 unspecified atom stereocenters. The second-order valence-corrected chi connectivity index (χ2v) is 5.14. The molecule has 1 atom stereocenters. The van der Waals surface area contributed by atoms with E-state index < -0.39 is 0 Å². The van der Waals surface area contributed by atoms with E-state index in [1.807, 2.05) is 12.1 Å². The van der Waals surface area contributed by atoms with E-state index in [4.69, 9.17) is 15.2 Å². The van der Waals surface area contributed by atoms with E-state index in [-0.39, 0.29) is 12.2 Å². The SMILES string of the molecule is NCC(OC1CCOCC1)c1cccc(Br)c1. The molecule has 4 heteroatoms. The summed E-state index contributed by atoms with van der Waals surface area (Å²) in [4.78, 5) is 0. The van der Waals surface area contributed by atoms with E-state index in [0.717, 1.165) is 36.1 Å². The molecule has 1 aromatic rings. The van der Waals surface area contributed by atoms with Crippen LogP contribution in [0.3, 0.4) is 0 Å². The van der Waals surface area contributed by atoms with E-state index in [0.29, 0.717) is 6.54 Å². The van der Waals surface area contributed by atoms with Crippen molar-refractivity contribution < 1.29 is 9.47 Å². The third-order valence-corrected chi connectivity index (χ3v) is 3.45. The fourth-order valence-corrected chi connectivity index (χ4v) is 2.44. The van der Waals surface area contributed by atoms with Crippen LogP contribution in [0.1, 0.15) is 24.5 Å². The quantitative estimate of drug-likeness (QED) is 0.929. The third kappa shape index (κ3) is 3.78. The first kappa shape index (κ1) is 13.0. The first-order chi connectivity index (χ1) is 8.29. The molecule has 1 aromatic carbocycles. The Balaban J connectivity index is 2.00. The molecule has 0 amide bonds. The predicted octanol–water partition coefficient (Wildman–Crippen LogP) is 2.64. The normalized spacial score (nSPS) is 19.2. The van der Waals surface area contributed by atoms with Crippen LogP contribution in [0, 0.1) is 0 Å². The van der Waals surface area contributed by atoms with Gasteiger partial charge in [0.25, 0.3) is 0 Å². The molecule has 2 N–H and O–H groups in total. The Hall–Kier alpha value is -0.420. The summed E-state index contributed by atoms with van der Waals surface area (Å²) in [6.07, 6.45) is 2.18. The average Bonchev–Trinajstić information content (AvgIpc) is 2.37. The second-order valence-electron chi connectivity index (χ2n) is 4.23. The van der Waals surface area contributed by atoms with Gasteiger partial charge in [-0.25, -0.2) is 0 Å². The van der Waals surface area contributed by atoms with Crippen LogP contribution >= 0.6 is 15.9 Å². The summed E-state index contributed by atoms with van der Waals surface area (Å²) in [5.41, 5.74) is 6.93. The zero-order valence-electron chi connectivity index (χ0n) is 9.77. The maximum atomic E-state index is 6.06. The molecule has 0 aliphatic carbocycles. The van der Waals surface area contributed by atoms with Gasteiger partial charge in [0, 0.05) is 24.2 Å². The van der Waals surface area contributed by atoms with Gasteiger partial charge in [-0.1, -0.05) is 28.1 Å². The molecule has 3 nitrogen and oxygen atoms in total. The first-order valence-electron chi connectivity index (χ1n) is 5.98. The van der Waals surface area contributed by atoms with Gasteiger partial charge in [-0.3, -0.25) is 0 Å². The molecule has 1 fully saturated rings. The molecule has 0 saturated carbocycles. The predicted molar refractivity (Wildman–Crippen MR) is 70.9 cm³/mol. The van der Waals surface area contributed by atoms with E-state index in [9.17, 15) is 0 Å². The van der Waals surface area contributed by atoms with Gasteiger partial charge in [-0.05, 0) is 30.5 Å². The molecule has 94 valence electrons. The highest BCUT2D eigenvalue weighted by atomic mass is 79.9. The Morgan fingerprint density at radius 3 is 2.82 bits per heavy atom. The van der Waals surface area contributed by atoms with E-state index >= 15 is 0 Å². The van der Waals surface area contributed by atoms with Crippen molar-refractivity contribution in [2.24, 2.45) is 5.73 Å². The summed E-state index contributed by atoms with van der Waals surface area (Å²) >= 11 is 3.47. The standard InChI is InChI=1S/C13H18BrNO2/c14-11-3-1-2-10(8-11)13(9-15)17-12-4-6-16-7-5-12/h1-3,8,12-13H,4-7,9,15H2. The Kier molecular flexibility index (Phi) is 4.98.